The number of hydrogen-bond donors (Lipinski definition) is 1. The molecule has 3 aromatic rings. The molecule has 3 aromatic carbocycles. The van der Waals surface area contributed by atoms with Crippen molar-refractivity contribution in [2.75, 3.05) is 0 Å². The van der Waals surface area contributed by atoms with Crippen molar-refractivity contribution in [1.82, 2.24) is 0 Å². The Morgan fingerprint density at radius 2 is 1.03 bits per heavy atom. The van der Waals surface area contributed by atoms with Crippen LogP contribution in [0.15, 0.2) is 110 Å². The van der Waals surface area contributed by atoms with E-state index in [1.165, 1.54) is 0 Å². The van der Waals surface area contributed by atoms with Gasteiger partial charge in [0, 0.05) is 24.0 Å². The molecule has 0 aliphatic carbocycles. The first kappa shape index (κ1) is 22.3. The number of benzene rings is 3. The molecule has 33 heavy (non-hydrogen) atoms. The van der Waals surface area contributed by atoms with Gasteiger partial charge in [0.2, 0.25) is 0 Å². The minimum absolute atomic E-state index is 0.111. The molecule has 2 heterocycles. The van der Waals surface area contributed by atoms with Crippen LogP contribution in [0.4, 0.5) is 0 Å². The fourth-order valence-corrected chi connectivity index (χ4v) is 5.63. The van der Waals surface area contributed by atoms with Gasteiger partial charge in [-0.15, -0.1) is 20.4 Å². The van der Waals surface area contributed by atoms with E-state index in [2.05, 4.69) is 76.1 Å². The van der Waals surface area contributed by atoms with Gasteiger partial charge in [0.05, 0.1) is 0 Å². The van der Waals surface area contributed by atoms with E-state index in [9.17, 15) is 5.11 Å². The molecule has 2 aliphatic heterocycles. The molecule has 0 amide bonds. The first-order chi connectivity index (χ1) is 16.1. The fraction of sp³-hybridized carbons (Fsp3) is 0.167. The van der Waals surface area contributed by atoms with Crippen LogP contribution in [-0.2, 0) is 23.9 Å². The highest BCUT2D eigenvalue weighted by Gasteiger charge is 2.47. The zero-order valence-electron chi connectivity index (χ0n) is 17.3. The van der Waals surface area contributed by atoms with Crippen LogP contribution in [0.5, 0.6) is 5.75 Å². The molecule has 5 rings (SSSR count). The normalized spacial score (nSPS) is 23.6. The maximum absolute atomic E-state index is 11.7. The Hall–Kier alpha value is -2.54. The molecule has 0 saturated carbocycles. The minimum Gasteiger partial charge on any atom is -0.507 e. The molecule has 0 bridgehead atoms. The van der Waals surface area contributed by atoms with Gasteiger partial charge < -0.3 is 5.11 Å². The topological polar surface area (TPSA) is 94.4 Å². The van der Waals surface area contributed by atoms with Gasteiger partial charge in [0.25, 0.3) is 0 Å². The number of phenols is 1. The van der Waals surface area contributed by atoms with Crippen molar-refractivity contribution in [3.05, 3.63) is 101 Å². The highest BCUT2D eigenvalue weighted by atomic mass is 127. The molecule has 0 radical (unpaired) electrons. The molecule has 2 atom stereocenters. The van der Waals surface area contributed by atoms with Crippen molar-refractivity contribution in [2.24, 2.45) is 30.9 Å². The zero-order valence-corrected chi connectivity index (χ0v) is 21.6. The Bertz CT molecular complexity index is 1210. The van der Waals surface area contributed by atoms with Gasteiger partial charge in [-0.2, -0.15) is 0 Å². The maximum Gasteiger partial charge on any atom is 0.166 e. The summed E-state index contributed by atoms with van der Waals surface area (Å²) in [5.41, 5.74) is 1.60. The van der Waals surface area contributed by atoms with E-state index in [0.29, 0.717) is 31.4 Å². The summed E-state index contributed by atoms with van der Waals surface area (Å²) in [6.07, 6.45) is 1.04. The van der Waals surface area contributed by atoms with E-state index in [-0.39, 0.29) is 5.75 Å². The number of halogens is 2. The smallest absolute Gasteiger partial charge is 0.166 e. The Balaban J connectivity index is 1.65. The lowest BCUT2D eigenvalue weighted by molar-refractivity contribution is 0.429. The summed E-state index contributed by atoms with van der Waals surface area (Å²) in [5.74, 6) is 0.111. The fourth-order valence-electron chi connectivity index (χ4n) is 4.25. The molecule has 164 valence electrons. The lowest BCUT2D eigenvalue weighted by atomic mass is 9.79. The van der Waals surface area contributed by atoms with Gasteiger partial charge in [-0.3, -0.25) is 0 Å². The van der Waals surface area contributed by atoms with Crippen LogP contribution in [0.3, 0.4) is 0 Å². The second-order valence-electron chi connectivity index (χ2n) is 7.91. The largest absolute Gasteiger partial charge is 0.507 e. The average molecular weight is 660 g/mol. The van der Waals surface area contributed by atoms with E-state index in [1.807, 2.05) is 78.9 Å². The van der Waals surface area contributed by atoms with Crippen LogP contribution >= 0.6 is 45.2 Å². The number of aromatic hydroxyl groups is 1. The third kappa shape index (κ3) is 3.90. The molecular weight excluding hydrogens is 642 g/mol. The number of rotatable bonds is 6. The molecule has 2 aliphatic rings. The molecule has 0 spiro atoms. The number of phenolic OH excluding ortho intramolecular Hbond substituents is 1. The van der Waals surface area contributed by atoms with Crippen LogP contribution in [0.2, 0.25) is 0 Å². The van der Waals surface area contributed by atoms with Crippen molar-refractivity contribution in [3.8, 4) is 5.75 Å². The SMILES string of the molecule is Oc1c(C2(Cc3ccccc3)N=NN=C2I)cccc1C1(Cc2ccccc2)N=NN=C1I. The molecule has 2 unspecified atom stereocenters. The first-order valence-corrected chi connectivity index (χ1v) is 12.4. The van der Waals surface area contributed by atoms with Crippen molar-refractivity contribution < 1.29 is 5.11 Å². The summed E-state index contributed by atoms with van der Waals surface area (Å²) in [6, 6.07) is 25.7. The molecule has 0 saturated heterocycles. The summed E-state index contributed by atoms with van der Waals surface area (Å²) in [7, 11) is 0. The highest BCUT2D eigenvalue weighted by molar-refractivity contribution is 14.1. The first-order valence-electron chi connectivity index (χ1n) is 10.3. The summed E-state index contributed by atoms with van der Waals surface area (Å²) < 4.78 is 1.40. The van der Waals surface area contributed by atoms with E-state index in [1.54, 1.807) is 0 Å². The van der Waals surface area contributed by atoms with Crippen LogP contribution in [0, 0.1) is 0 Å². The Morgan fingerprint density at radius 3 is 1.39 bits per heavy atom. The summed E-state index contributed by atoms with van der Waals surface area (Å²) in [6.45, 7) is 0. The predicted octanol–water partition coefficient (Wildman–Crippen LogP) is 6.70. The van der Waals surface area contributed by atoms with Crippen LogP contribution in [0.1, 0.15) is 22.3 Å². The third-order valence-electron chi connectivity index (χ3n) is 5.91. The van der Waals surface area contributed by atoms with Gasteiger partial charge in [-0.25, -0.2) is 0 Å². The van der Waals surface area contributed by atoms with Crippen molar-refractivity contribution >= 4 is 52.6 Å². The van der Waals surface area contributed by atoms with Gasteiger partial charge in [-0.05, 0) is 66.8 Å². The van der Waals surface area contributed by atoms with Crippen LogP contribution in [-0.4, -0.2) is 12.5 Å². The highest BCUT2D eigenvalue weighted by Crippen LogP contribution is 2.48. The van der Waals surface area contributed by atoms with Crippen LogP contribution < -0.4 is 0 Å². The summed E-state index contributed by atoms with van der Waals surface area (Å²) in [5, 5.41) is 37.2. The molecule has 0 fully saturated rings. The lowest BCUT2D eigenvalue weighted by Gasteiger charge is -2.30. The van der Waals surface area contributed by atoms with E-state index in [4.69, 9.17) is 0 Å². The quantitative estimate of drug-likeness (QED) is 0.293. The van der Waals surface area contributed by atoms with Gasteiger partial charge in [-0.1, -0.05) is 78.9 Å². The molecule has 9 heteroatoms. The molecule has 1 N–H and O–H groups in total. The Morgan fingerprint density at radius 1 is 0.606 bits per heavy atom. The molecular formula is C24H18I2N6O. The second kappa shape index (κ2) is 9.01. The van der Waals surface area contributed by atoms with Gasteiger partial charge >= 0.3 is 0 Å². The van der Waals surface area contributed by atoms with Crippen LogP contribution in [0.25, 0.3) is 0 Å². The van der Waals surface area contributed by atoms with Crippen molar-refractivity contribution in [2.45, 2.75) is 23.9 Å². The monoisotopic (exact) mass is 660 g/mol. The van der Waals surface area contributed by atoms with Gasteiger partial charge in [0.15, 0.2) is 11.1 Å². The number of nitrogens with zero attached hydrogens (tertiary/aromatic N) is 6. The van der Waals surface area contributed by atoms with E-state index < -0.39 is 11.1 Å². The Kier molecular flexibility index (Phi) is 6.08. The molecule has 7 nitrogen and oxygen atoms in total. The zero-order chi connectivity index (χ0) is 22.9. The predicted molar refractivity (Wildman–Crippen MR) is 144 cm³/mol. The number of para-hydroxylation sites is 1. The standard InChI is InChI=1S/C24H18I2N6O/c25-21-23(29-31-27-21,14-16-8-3-1-4-9-16)18-12-7-13-19(20(18)33)24(22(26)28-32-30-24)15-17-10-5-2-6-11-17/h1-13,33H,14-15H2. The van der Waals surface area contributed by atoms with E-state index in [0.717, 1.165) is 11.1 Å². The van der Waals surface area contributed by atoms with Crippen molar-refractivity contribution in [3.63, 3.8) is 0 Å². The summed E-state index contributed by atoms with van der Waals surface area (Å²) >= 11 is 4.33. The summed E-state index contributed by atoms with van der Waals surface area (Å²) in [4.78, 5) is 0. The van der Waals surface area contributed by atoms with Gasteiger partial charge in [0.1, 0.15) is 13.2 Å². The third-order valence-corrected chi connectivity index (χ3v) is 8.13. The molecule has 0 aromatic heterocycles. The second-order valence-corrected chi connectivity index (χ2v) is 9.95. The van der Waals surface area contributed by atoms with E-state index >= 15 is 0 Å². The lowest BCUT2D eigenvalue weighted by Crippen LogP contribution is -2.34. The average Bonchev–Trinajstić information content (AvgIpc) is 3.38. The maximum atomic E-state index is 11.7. The Labute approximate surface area is 218 Å². The number of hydrogen-bond acceptors (Lipinski definition) is 7. The minimum atomic E-state index is -0.908. The van der Waals surface area contributed by atoms with Crippen molar-refractivity contribution in [1.29, 1.82) is 0 Å².